The molecule has 30 heavy (non-hydrogen) atoms. The van der Waals surface area contributed by atoms with Crippen molar-refractivity contribution < 1.29 is 19.1 Å². The van der Waals surface area contributed by atoms with Gasteiger partial charge in [-0.25, -0.2) is 9.59 Å². The van der Waals surface area contributed by atoms with Crippen molar-refractivity contribution in [1.29, 1.82) is 0 Å². The molecule has 1 aliphatic heterocycles. The number of rotatable bonds is 5. The third kappa shape index (κ3) is 4.41. The van der Waals surface area contributed by atoms with Gasteiger partial charge >= 0.3 is 11.9 Å². The van der Waals surface area contributed by atoms with Crippen molar-refractivity contribution in [2.24, 2.45) is 0 Å². The molecule has 5 heteroatoms. The van der Waals surface area contributed by atoms with Gasteiger partial charge in [0, 0.05) is 9.64 Å². The fourth-order valence-corrected chi connectivity index (χ4v) is 6.01. The van der Waals surface area contributed by atoms with Gasteiger partial charge in [-0.3, -0.25) is 0 Å². The third-order valence-corrected chi connectivity index (χ3v) is 6.59. The number of benzene rings is 2. The van der Waals surface area contributed by atoms with Gasteiger partial charge in [0.15, 0.2) is 0 Å². The molecule has 0 spiro atoms. The van der Waals surface area contributed by atoms with Crippen LogP contribution < -0.4 is 0 Å². The second-order valence-corrected chi connectivity index (χ2v) is 10.6. The van der Waals surface area contributed by atoms with Gasteiger partial charge in [0.05, 0.1) is 24.3 Å². The molecule has 1 aliphatic rings. The minimum Gasteiger partial charge on any atom is -0.462 e. The molecule has 0 N–H and O–H groups in total. The number of esters is 2. The summed E-state index contributed by atoms with van der Waals surface area (Å²) >= 11 is 1.89. The molecule has 160 valence electrons. The second-order valence-electron chi connectivity index (χ2n) is 8.80. The highest BCUT2D eigenvalue weighted by Crippen LogP contribution is 2.51. The van der Waals surface area contributed by atoms with Gasteiger partial charge in [-0.2, -0.15) is 0 Å². The lowest BCUT2D eigenvalue weighted by molar-refractivity contribution is 0.0479. The molecule has 1 heterocycles. The number of ether oxygens (including phenoxy) is 2. The van der Waals surface area contributed by atoms with Crippen molar-refractivity contribution >= 4 is 23.7 Å². The van der Waals surface area contributed by atoms with Crippen molar-refractivity contribution in [3.63, 3.8) is 0 Å². The first-order valence-corrected chi connectivity index (χ1v) is 11.2. The van der Waals surface area contributed by atoms with Crippen molar-refractivity contribution in [3.05, 3.63) is 53.1 Å². The summed E-state index contributed by atoms with van der Waals surface area (Å²) in [5.74, 6) is -1.03. The van der Waals surface area contributed by atoms with Crippen LogP contribution in [0.2, 0.25) is 0 Å². The van der Waals surface area contributed by atoms with Crippen LogP contribution >= 0.6 is 11.8 Å². The molecule has 0 atom stereocenters. The van der Waals surface area contributed by atoms with Crippen LogP contribution in [0.4, 0.5) is 0 Å². The Bertz CT molecular complexity index is 975. The van der Waals surface area contributed by atoms with Crippen molar-refractivity contribution in [2.45, 2.75) is 63.0 Å². The Labute approximate surface area is 183 Å². The Morgan fingerprint density at radius 1 is 0.967 bits per heavy atom. The number of hydrogen-bond donors (Lipinski definition) is 0. The second kappa shape index (κ2) is 8.46. The molecular weight excluding hydrogens is 396 g/mol. The molecule has 0 amide bonds. The summed E-state index contributed by atoms with van der Waals surface area (Å²) in [7, 11) is 0. The Kier molecular flexibility index (Phi) is 6.32. The Morgan fingerprint density at radius 2 is 1.63 bits per heavy atom. The molecule has 0 saturated heterocycles. The number of hydrogen-bond acceptors (Lipinski definition) is 5. The molecule has 0 fully saturated rings. The van der Waals surface area contributed by atoms with E-state index in [1.165, 1.54) is 10.5 Å². The van der Waals surface area contributed by atoms with E-state index in [1.54, 1.807) is 26.0 Å². The zero-order chi connectivity index (χ0) is 22.1. The van der Waals surface area contributed by atoms with E-state index >= 15 is 0 Å². The van der Waals surface area contributed by atoms with E-state index < -0.39 is 11.9 Å². The van der Waals surface area contributed by atoms with E-state index in [1.807, 2.05) is 23.9 Å². The maximum absolute atomic E-state index is 12.8. The molecule has 0 bridgehead atoms. The van der Waals surface area contributed by atoms with Crippen LogP contribution in [0.1, 0.15) is 74.2 Å². The Morgan fingerprint density at radius 3 is 2.30 bits per heavy atom. The lowest BCUT2D eigenvalue weighted by atomic mass is 9.76. The monoisotopic (exact) mass is 426 g/mol. The van der Waals surface area contributed by atoms with Gasteiger partial charge in [-0.15, -0.1) is 11.8 Å². The fraction of sp³-hybridized carbons (Fsp3) is 0.440. The summed E-state index contributed by atoms with van der Waals surface area (Å²) in [6.07, 6.45) is 1.05. The van der Waals surface area contributed by atoms with Gasteiger partial charge < -0.3 is 9.47 Å². The molecule has 0 unspecified atom stereocenters. The highest BCUT2D eigenvalue weighted by Gasteiger charge is 2.38. The lowest BCUT2D eigenvalue weighted by Gasteiger charge is -2.42. The summed E-state index contributed by atoms with van der Waals surface area (Å²) in [6.45, 7) is 13.1. The first-order valence-electron chi connectivity index (χ1n) is 10.4. The largest absolute Gasteiger partial charge is 0.462 e. The van der Waals surface area contributed by atoms with E-state index in [4.69, 9.17) is 9.47 Å². The molecular formula is C25H30O4S. The predicted octanol–water partition coefficient (Wildman–Crippen LogP) is 6.26. The molecule has 0 radical (unpaired) electrons. The average Bonchev–Trinajstić information content (AvgIpc) is 2.66. The van der Waals surface area contributed by atoms with Crippen molar-refractivity contribution in [3.8, 4) is 11.1 Å². The van der Waals surface area contributed by atoms with Crippen molar-refractivity contribution in [2.75, 3.05) is 13.2 Å². The summed E-state index contributed by atoms with van der Waals surface area (Å²) in [5.41, 5.74) is 3.35. The number of carbonyl (C=O) groups excluding carboxylic acids is 2. The van der Waals surface area contributed by atoms with E-state index in [9.17, 15) is 9.59 Å². The minimum absolute atomic E-state index is 0.00291. The topological polar surface area (TPSA) is 52.6 Å². The SMILES string of the molecule is CCOC(=O)c1cccc(-c2ccc3c(c2)C(C)(C)CC(C)(C)S3)c1C(=O)OCC. The van der Waals surface area contributed by atoms with Gasteiger partial charge in [0.1, 0.15) is 0 Å². The molecule has 2 aromatic rings. The van der Waals surface area contributed by atoms with Crippen molar-refractivity contribution in [1.82, 2.24) is 0 Å². The lowest BCUT2D eigenvalue weighted by Crippen LogP contribution is -2.33. The summed E-state index contributed by atoms with van der Waals surface area (Å²) in [5, 5.41) is 0. The van der Waals surface area contributed by atoms with Gasteiger partial charge in [-0.05, 0) is 60.6 Å². The molecule has 4 nitrogen and oxygen atoms in total. The quantitative estimate of drug-likeness (QED) is 0.528. The van der Waals surface area contributed by atoms with Crippen LogP contribution in [0.15, 0.2) is 41.3 Å². The highest BCUT2D eigenvalue weighted by molar-refractivity contribution is 8.00. The number of carbonyl (C=O) groups is 2. The zero-order valence-electron chi connectivity index (χ0n) is 18.6. The first kappa shape index (κ1) is 22.4. The van der Waals surface area contributed by atoms with Gasteiger partial charge in [0.2, 0.25) is 0 Å². The Hall–Kier alpha value is -2.27. The summed E-state index contributed by atoms with van der Waals surface area (Å²) in [6, 6.07) is 11.6. The molecule has 0 aromatic heterocycles. The number of thioether (sulfide) groups is 1. The molecule has 2 aromatic carbocycles. The molecule has 3 rings (SSSR count). The van der Waals surface area contributed by atoms with E-state index in [2.05, 4.69) is 39.8 Å². The van der Waals surface area contributed by atoms with E-state index in [-0.39, 0.29) is 34.5 Å². The maximum Gasteiger partial charge on any atom is 0.339 e. The maximum atomic E-state index is 12.8. The number of fused-ring (bicyclic) bond motifs is 1. The summed E-state index contributed by atoms with van der Waals surface area (Å²) < 4.78 is 10.6. The van der Waals surface area contributed by atoms with Crippen LogP contribution in [-0.2, 0) is 14.9 Å². The van der Waals surface area contributed by atoms with Crippen LogP contribution in [0, 0.1) is 0 Å². The van der Waals surface area contributed by atoms with Gasteiger partial charge in [0.25, 0.3) is 0 Å². The highest BCUT2D eigenvalue weighted by atomic mass is 32.2. The standard InChI is InChI=1S/C25H30O4S/c1-7-28-22(26)18-11-9-10-17(21(18)23(27)29-8-2)16-12-13-20-19(14-16)24(3,4)15-25(5,6)30-20/h9-14H,7-8,15H2,1-6H3. The zero-order valence-corrected chi connectivity index (χ0v) is 19.4. The molecule has 0 aliphatic carbocycles. The molecule has 0 saturated carbocycles. The predicted molar refractivity (Wildman–Crippen MR) is 121 cm³/mol. The third-order valence-electron chi connectivity index (χ3n) is 5.31. The first-order chi connectivity index (χ1) is 14.1. The van der Waals surface area contributed by atoms with Crippen LogP contribution in [0.3, 0.4) is 0 Å². The Balaban J connectivity index is 2.18. The normalized spacial score (nSPS) is 16.5. The van der Waals surface area contributed by atoms with E-state index in [0.29, 0.717) is 5.56 Å². The van der Waals surface area contributed by atoms with Crippen LogP contribution in [-0.4, -0.2) is 29.9 Å². The average molecular weight is 427 g/mol. The smallest absolute Gasteiger partial charge is 0.339 e. The minimum atomic E-state index is -0.516. The van der Waals surface area contributed by atoms with E-state index in [0.717, 1.165) is 12.0 Å². The van der Waals surface area contributed by atoms with Crippen LogP contribution in [0.5, 0.6) is 0 Å². The summed E-state index contributed by atoms with van der Waals surface area (Å²) in [4.78, 5) is 26.6. The van der Waals surface area contributed by atoms with Crippen LogP contribution in [0.25, 0.3) is 11.1 Å². The van der Waals surface area contributed by atoms with Gasteiger partial charge in [-0.1, -0.05) is 45.9 Å². The fourth-order valence-electron chi connectivity index (χ4n) is 4.40.